The molecule has 0 aliphatic heterocycles. The molecule has 1 aromatic carbocycles. The van der Waals surface area contributed by atoms with Gasteiger partial charge < -0.3 is 15.0 Å². The average Bonchev–Trinajstić information content (AvgIpc) is 3.46. The van der Waals surface area contributed by atoms with Crippen LogP contribution in [0.3, 0.4) is 0 Å². The van der Waals surface area contributed by atoms with Crippen molar-refractivity contribution in [3.8, 4) is 17.2 Å². The highest BCUT2D eigenvalue weighted by Gasteiger charge is 2.24. The largest absolute Gasteiger partial charge is 0.452 e. The number of nitrogens with zero attached hydrogens (tertiary/aromatic N) is 2. The number of anilines is 1. The number of carbonyl (C=O) groups excluding carboxylic acids is 3. The maximum absolute atomic E-state index is 12.9. The molecular formula is C22H19N3O4S2. The lowest BCUT2D eigenvalue weighted by Gasteiger charge is -2.15. The molecule has 1 N–H and O–H groups in total. The van der Waals surface area contributed by atoms with Crippen LogP contribution in [0.5, 0.6) is 0 Å². The van der Waals surface area contributed by atoms with Crippen molar-refractivity contribution >= 4 is 45.5 Å². The number of nitriles is 1. The highest BCUT2D eigenvalue weighted by Crippen LogP contribution is 2.36. The second kappa shape index (κ2) is 10.5. The van der Waals surface area contributed by atoms with Gasteiger partial charge in [-0.3, -0.25) is 9.59 Å². The zero-order valence-electron chi connectivity index (χ0n) is 16.7. The second-order valence-electron chi connectivity index (χ2n) is 6.45. The first-order chi connectivity index (χ1) is 15.0. The van der Waals surface area contributed by atoms with Crippen molar-refractivity contribution in [1.29, 1.82) is 5.26 Å². The number of benzene rings is 1. The zero-order valence-corrected chi connectivity index (χ0v) is 18.3. The number of likely N-dealkylation sites (N-methyl/N-ethyl adjacent to an activating group) is 1. The molecule has 0 aliphatic carbocycles. The van der Waals surface area contributed by atoms with Crippen molar-refractivity contribution in [3.05, 3.63) is 63.7 Å². The Morgan fingerprint density at radius 1 is 1.13 bits per heavy atom. The first-order valence-corrected chi connectivity index (χ1v) is 11.1. The van der Waals surface area contributed by atoms with E-state index in [4.69, 9.17) is 10.00 Å². The van der Waals surface area contributed by atoms with Crippen LogP contribution in [0, 0.1) is 11.3 Å². The average molecular weight is 454 g/mol. The van der Waals surface area contributed by atoms with E-state index in [1.165, 1.54) is 27.6 Å². The molecule has 0 bridgehead atoms. The summed E-state index contributed by atoms with van der Waals surface area (Å²) in [5, 5.41) is 15.3. The van der Waals surface area contributed by atoms with Crippen molar-refractivity contribution in [2.45, 2.75) is 6.42 Å². The Morgan fingerprint density at radius 3 is 2.58 bits per heavy atom. The lowest BCUT2D eigenvalue weighted by atomic mass is 10.0. The van der Waals surface area contributed by atoms with Crippen LogP contribution in [-0.2, 0) is 9.53 Å². The summed E-state index contributed by atoms with van der Waals surface area (Å²) in [6, 6.07) is 14.7. The minimum atomic E-state index is -0.705. The van der Waals surface area contributed by atoms with Gasteiger partial charge in [-0.25, -0.2) is 4.79 Å². The van der Waals surface area contributed by atoms with Gasteiger partial charge in [-0.05, 0) is 17.0 Å². The lowest BCUT2D eigenvalue weighted by molar-refractivity contribution is -0.133. The maximum atomic E-state index is 12.9. The summed E-state index contributed by atoms with van der Waals surface area (Å²) < 4.78 is 5.27. The van der Waals surface area contributed by atoms with Crippen LogP contribution in [0.1, 0.15) is 26.5 Å². The number of ether oxygens (including phenoxy) is 1. The fraction of sp³-hybridized carbons (Fsp3) is 0.182. The predicted molar refractivity (Wildman–Crippen MR) is 120 cm³/mol. The molecule has 0 saturated heterocycles. The number of hydrogen-bond acceptors (Lipinski definition) is 7. The van der Waals surface area contributed by atoms with Crippen molar-refractivity contribution < 1.29 is 19.1 Å². The number of nitrogens with one attached hydrogen (secondary N) is 1. The summed E-state index contributed by atoms with van der Waals surface area (Å²) in [7, 11) is 1.54. The van der Waals surface area contributed by atoms with Gasteiger partial charge in [0, 0.05) is 24.5 Å². The molecule has 0 fully saturated rings. The maximum Gasteiger partial charge on any atom is 0.342 e. The van der Waals surface area contributed by atoms with Crippen molar-refractivity contribution in [3.63, 3.8) is 0 Å². The van der Waals surface area contributed by atoms with Crippen LogP contribution in [0.4, 0.5) is 5.00 Å². The Morgan fingerprint density at radius 2 is 1.90 bits per heavy atom. The van der Waals surface area contributed by atoms with Crippen LogP contribution in [0.25, 0.3) is 11.1 Å². The van der Waals surface area contributed by atoms with Gasteiger partial charge in [0.25, 0.3) is 11.8 Å². The van der Waals surface area contributed by atoms with E-state index < -0.39 is 18.5 Å². The summed E-state index contributed by atoms with van der Waals surface area (Å²) in [4.78, 5) is 39.5. The Balaban J connectivity index is 1.83. The van der Waals surface area contributed by atoms with Crippen molar-refractivity contribution in [2.75, 3.05) is 25.5 Å². The van der Waals surface area contributed by atoms with Gasteiger partial charge in [0.05, 0.1) is 17.4 Å². The van der Waals surface area contributed by atoms with Crippen LogP contribution < -0.4 is 5.32 Å². The van der Waals surface area contributed by atoms with E-state index in [2.05, 4.69) is 5.32 Å². The Kier molecular flexibility index (Phi) is 7.54. The van der Waals surface area contributed by atoms with E-state index in [-0.39, 0.29) is 24.4 Å². The highest BCUT2D eigenvalue weighted by molar-refractivity contribution is 7.15. The summed E-state index contributed by atoms with van der Waals surface area (Å²) in [6.07, 6.45) is 0.192. The molecule has 7 nitrogen and oxygen atoms in total. The van der Waals surface area contributed by atoms with E-state index in [1.807, 2.05) is 36.4 Å². The van der Waals surface area contributed by atoms with Crippen molar-refractivity contribution in [2.24, 2.45) is 0 Å². The lowest BCUT2D eigenvalue weighted by Crippen LogP contribution is -2.32. The number of carbonyl (C=O) groups is 3. The summed E-state index contributed by atoms with van der Waals surface area (Å²) in [6.45, 7) is -0.203. The molecule has 0 radical (unpaired) electrons. The van der Waals surface area contributed by atoms with E-state index >= 15 is 0 Å². The smallest absolute Gasteiger partial charge is 0.342 e. The third-order valence-electron chi connectivity index (χ3n) is 4.36. The van der Waals surface area contributed by atoms with Gasteiger partial charge in [0.15, 0.2) is 6.61 Å². The van der Waals surface area contributed by atoms with Crippen LogP contribution in [0.15, 0.2) is 53.2 Å². The molecule has 0 atom stereocenters. The summed E-state index contributed by atoms with van der Waals surface area (Å²) in [5.74, 6) is -1.44. The first kappa shape index (κ1) is 22.2. The number of thiophene rings is 2. The topological polar surface area (TPSA) is 99.5 Å². The number of amides is 2. The monoisotopic (exact) mass is 453 g/mol. The zero-order chi connectivity index (χ0) is 22.2. The standard InChI is InChI=1S/C22H19N3O4S2/c1-25(11-6-10-23)18(26)13-29-22(28)19-16(15-7-3-2-4-8-15)14-31-21(19)24-20(27)17-9-5-12-30-17/h2-5,7-9,12,14H,6,11,13H2,1H3,(H,24,27). The molecule has 2 amide bonds. The van der Waals surface area contributed by atoms with E-state index in [0.717, 1.165) is 5.56 Å². The van der Waals surface area contributed by atoms with E-state index in [9.17, 15) is 14.4 Å². The van der Waals surface area contributed by atoms with Gasteiger partial charge in [0.1, 0.15) is 10.6 Å². The Hall–Kier alpha value is -3.48. The molecule has 3 aromatic rings. The number of hydrogen-bond donors (Lipinski definition) is 1. The van der Waals surface area contributed by atoms with Crippen LogP contribution in [0.2, 0.25) is 0 Å². The fourth-order valence-electron chi connectivity index (χ4n) is 2.71. The Bertz CT molecular complexity index is 1100. The van der Waals surface area contributed by atoms with Gasteiger partial charge in [0.2, 0.25) is 0 Å². The predicted octanol–water partition coefficient (Wildman–Crippen LogP) is 4.26. The molecule has 3 rings (SSSR count). The van der Waals surface area contributed by atoms with E-state index in [0.29, 0.717) is 15.4 Å². The molecular weight excluding hydrogens is 434 g/mol. The fourth-order valence-corrected chi connectivity index (χ4v) is 4.28. The Labute approximate surface area is 187 Å². The summed E-state index contributed by atoms with van der Waals surface area (Å²) >= 11 is 2.51. The molecule has 31 heavy (non-hydrogen) atoms. The summed E-state index contributed by atoms with van der Waals surface area (Å²) in [5.41, 5.74) is 1.61. The van der Waals surface area contributed by atoms with Crippen molar-refractivity contribution in [1.82, 2.24) is 4.90 Å². The molecule has 158 valence electrons. The quantitative estimate of drug-likeness (QED) is 0.514. The molecule has 2 heterocycles. The molecule has 0 aliphatic rings. The number of esters is 1. The molecule has 0 saturated carbocycles. The molecule has 9 heteroatoms. The number of rotatable bonds is 8. The third kappa shape index (κ3) is 5.57. The van der Waals surface area contributed by atoms with Crippen LogP contribution >= 0.6 is 22.7 Å². The molecule has 0 spiro atoms. The minimum Gasteiger partial charge on any atom is -0.452 e. The minimum absolute atomic E-state index is 0.192. The van der Waals surface area contributed by atoms with Gasteiger partial charge >= 0.3 is 5.97 Å². The highest BCUT2D eigenvalue weighted by atomic mass is 32.1. The molecule has 2 aromatic heterocycles. The normalized spacial score (nSPS) is 10.2. The van der Waals surface area contributed by atoms with Gasteiger partial charge in [-0.15, -0.1) is 22.7 Å². The van der Waals surface area contributed by atoms with Crippen LogP contribution in [-0.4, -0.2) is 42.9 Å². The first-order valence-electron chi connectivity index (χ1n) is 9.31. The molecule has 0 unspecified atom stereocenters. The SMILES string of the molecule is CN(CCC#N)C(=O)COC(=O)c1c(-c2ccccc2)csc1NC(=O)c1cccs1. The second-order valence-corrected chi connectivity index (χ2v) is 8.28. The van der Waals surface area contributed by atoms with E-state index in [1.54, 1.807) is 29.9 Å². The third-order valence-corrected chi connectivity index (χ3v) is 6.13. The van der Waals surface area contributed by atoms with Gasteiger partial charge in [-0.1, -0.05) is 36.4 Å². The van der Waals surface area contributed by atoms with Gasteiger partial charge in [-0.2, -0.15) is 5.26 Å².